The van der Waals surface area contributed by atoms with E-state index in [0.717, 1.165) is 4.48 Å². The highest BCUT2D eigenvalue weighted by Crippen LogP contribution is 1.73. The van der Waals surface area contributed by atoms with Crippen molar-refractivity contribution in [1.82, 2.24) is 0 Å². The van der Waals surface area contributed by atoms with Crippen LogP contribution >= 0.6 is 0 Å². The van der Waals surface area contributed by atoms with Gasteiger partial charge in [0.2, 0.25) is 0 Å². The Labute approximate surface area is 76.0 Å². The van der Waals surface area contributed by atoms with E-state index in [1.54, 1.807) is 0 Å². The molecule has 0 aromatic heterocycles. The molecule has 0 heterocycles. The maximum atomic E-state index is 8.56. The lowest BCUT2D eigenvalue weighted by Crippen LogP contribution is -2.27. The smallest absolute Gasteiger partial charge is 0.450 e. The van der Waals surface area contributed by atoms with Crippen LogP contribution in [0.15, 0.2) is 0 Å². The molecular formula is C6H16NO6+. The van der Waals surface area contributed by atoms with E-state index in [9.17, 15) is 0 Å². The first-order chi connectivity index (χ1) is 5.46. The van der Waals surface area contributed by atoms with E-state index in [1.165, 1.54) is 0 Å². The molecule has 0 aliphatic heterocycles. The predicted molar refractivity (Wildman–Crippen MR) is 45.3 cm³/mol. The van der Waals surface area contributed by atoms with Gasteiger partial charge in [-0.2, -0.15) is 0 Å². The molecule has 80 valence electrons. The molecule has 13 heavy (non-hydrogen) atoms. The average Bonchev–Trinajstić information content (AvgIpc) is 1.50. The molecule has 0 atom stereocenters. The average molecular weight is 198 g/mol. The highest BCUT2D eigenvalue weighted by molar-refractivity contribution is 5.53. The summed E-state index contributed by atoms with van der Waals surface area (Å²) in [6.07, 6.45) is -3.67. The van der Waals surface area contributed by atoms with Gasteiger partial charge in [0.05, 0.1) is 28.2 Å². The van der Waals surface area contributed by atoms with Crippen LogP contribution < -0.4 is 0 Å². The van der Waals surface area contributed by atoms with Crippen LogP contribution in [0.25, 0.3) is 0 Å². The van der Waals surface area contributed by atoms with Gasteiger partial charge in [0.25, 0.3) is 0 Å². The van der Waals surface area contributed by atoms with Gasteiger partial charge in [0.15, 0.2) is 0 Å². The van der Waals surface area contributed by atoms with Crippen molar-refractivity contribution >= 4 is 12.3 Å². The normalized spacial score (nSPS) is 8.31. The van der Waals surface area contributed by atoms with Gasteiger partial charge in [-0.25, -0.2) is 9.59 Å². The SMILES string of the molecule is C[N+](C)(C)C.O=C(O)O.O=C(O)O. The Morgan fingerprint density at radius 3 is 0.769 bits per heavy atom. The Hall–Kier alpha value is -1.50. The van der Waals surface area contributed by atoms with Crippen molar-refractivity contribution < 1.29 is 34.5 Å². The van der Waals surface area contributed by atoms with Crippen LogP contribution in [-0.4, -0.2) is 65.4 Å². The number of carboxylic acid groups (broad SMARTS) is 4. The summed E-state index contributed by atoms with van der Waals surface area (Å²) in [6.45, 7) is 0. The Balaban J connectivity index is -0.000000117. The Morgan fingerprint density at radius 2 is 0.769 bits per heavy atom. The van der Waals surface area contributed by atoms with Crippen molar-refractivity contribution in [1.29, 1.82) is 0 Å². The summed E-state index contributed by atoms with van der Waals surface area (Å²) < 4.78 is 1.00. The summed E-state index contributed by atoms with van der Waals surface area (Å²) >= 11 is 0. The van der Waals surface area contributed by atoms with Crippen LogP contribution in [0.2, 0.25) is 0 Å². The molecule has 4 N–H and O–H groups in total. The number of carbonyl (C=O) groups is 2. The van der Waals surface area contributed by atoms with Gasteiger partial charge >= 0.3 is 12.3 Å². The number of nitrogens with zero attached hydrogens (tertiary/aromatic N) is 1. The van der Waals surface area contributed by atoms with Gasteiger partial charge in [-0.1, -0.05) is 0 Å². The minimum Gasteiger partial charge on any atom is -0.450 e. The molecule has 0 aromatic rings. The second-order valence-corrected chi connectivity index (χ2v) is 3.25. The molecule has 0 spiro atoms. The fourth-order valence-corrected chi connectivity index (χ4v) is 0. The molecule has 7 nitrogen and oxygen atoms in total. The van der Waals surface area contributed by atoms with Gasteiger partial charge in [-0.05, 0) is 0 Å². The molecule has 0 aromatic carbocycles. The maximum Gasteiger partial charge on any atom is 0.503 e. The van der Waals surface area contributed by atoms with Gasteiger partial charge in [-0.15, -0.1) is 0 Å². The van der Waals surface area contributed by atoms with E-state index in [-0.39, 0.29) is 0 Å². The molecule has 0 bridgehead atoms. The van der Waals surface area contributed by atoms with Crippen LogP contribution in [0.3, 0.4) is 0 Å². The highest BCUT2D eigenvalue weighted by Gasteiger charge is 1.88. The zero-order chi connectivity index (χ0) is 11.7. The molecular weight excluding hydrogens is 182 g/mol. The van der Waals surface area contributed by atoms with Crippen molar-refractivity contribution in [3.63, 3.8) is 0 Å². The lowest BCUT2D eigenvalue weighted by atomic mass is 10.8. The molecule has 7 heteroatoms. The quantitative estimate of drug-likeness (QED) is 0.427. The third-order valence-electron chi connectivity index (χ3n) is 0. The summed E-state index contributed by atoms with van der Waals surface area (Å²) in [4.78, 5) is 17.1. The Morgan fingerprint density at radius 1 is 0.769 bits per heavy atom. The predicted octanol–water partition coefficient (Wildman–Crippen LogP) is 0.767. The van der Waals surface area contributed by atoms with Gasteiger partial charge in [0.1, 0.15) is 0 Å². The van der Waals surface area contributed by atoms with Crippen molar-refractivity contribution in [2.75, 3.05) is 28.2 Å². The monoisotopic (exact) mass is 198 g/mol. The molecule has 0 rings (SSSR count). The third-order valence-corrected chi connectivity index (χ3v) is 0. The first-order valence-corrected chi connectivity index (χ1v) is 3.09. The lowest BCUT2D eigenvalue weighted by molar-refractivity contribution is -0.849. The van der Waals surface area contributed by atoms with Crippen molar-refractivity contribution in [2.24, 2.45) is 0 Å². The molecule has 0 aliphatic carbocycles. The summed E-state index contributed by atoms with van der Waals surface area (Å²) in [6, 6.07) is 0. The zero-order valence-corrected chi connectivity index (χ0v) is 8.05. The Bertz CT molecular complexity index is 124. The summed E-state index contributed by atoms with van der Waals surface area (Å²) in [7, 11) is 8.50. The second kappa shape index (κ2) is 8.60. The van der Waals surface area contributed by atoms with Gasteiger partial charge < -0.3 is 24.9 Å². The first-order valence-electron chi connectivity index (χ1n) is 3.09. The summed E-state index contributed by atoms with van der Waals surface area (Å²) in [5.41, 5.74) is 0. The minimum absolute atomic E-state index is 1.00. The van der Waals surface area contributed by atoms with E-state index in [1.807, 2.05) is 0 Å². The number of hydrogen-bond acceptors (Lipinski definition) is 2. The molecule has 0 fully saturated rings. The van der Waals surface area contributed by atoms with Crippen LogP contribution in [0, 0.1) is 0 Å². The van der Waals surface area contributed by atoms with E-state index >= 15 is 0 Å². The van der Waals surface area contributed by atoms with Crippen molar-refractivity contribution in [2.45, 2.75) is 0 Å². The molecule has 0 saturated carbocycles. The van der Waals surface area contributed by atoms with Crippen molar-refractivity contribution in [3.05, 3.63) is 0 Å². The minimum atomic E-state index is -1.83. The number of rotatable bonds is 0. The lowest BCUT2D eigenvalue weighted by Gasteiger charge is -2.14. The highest BCUT2D eigenvalue weighted by atomic mass is 16.6. The van der Waals surface area contributed by atoms with Crippen LogP contribution in [0.5, 0.6) is 0 Å². The standard InChI is InChI=1S/C4H12N.2CH2O3/c1-5(2,3)4;2*2-1(3)4/h1-4H3;2*(H2,2,3,4)/q+1;;. The fourth-order valence-electron chi connectivity index (χ4n) is 0. The first kappa shape index (κ1) is 17.5. The zero-order valence-electron chi connectivity index (χ0n) is 8.05. The van der Waals surface area contributed by atoms with E-state index < -0.39 is 12.3 Å². The van der Waals surface area contributed by atoms with E-state index in [2.05, 4.69) is 28.2 Å². The largest absolute Gasteiger partial charge is 0.503 e. The fraction of sp³-hybridized carbons (Fsp3) is 0.667. The maximum absolute atomic E-state index is 8.56. The number of hydrogen-bond donors (Lipinski definition) is 4. The molecule has 0 aliphatic rings. The molecule has 0 unspecified atom stereocenters. The Kier molecular flexibility index (Phi) is 11.6. The van der Waals surface area contributed by atoms with Gasteiger partial charge in [-0.3, -0.25) is 0 Å². The number of quaternary nitrogens is 1. The van der Waals surface area contributed by atoms with E-state index in [0.29, 0.717) is 0 Å². The topological polar surface area (TPSA) is 115 Å². The van der Waals surface area contributed by atoms with Crippen LogP contribution in [-0.2, 0) is 0 Å². The van der Waals surface area contributed by atoms with Crippen LogP contribution in [0.1, 0.15) is 0 Å². The van der Waals surface area contributed by atoms with E-state index in [4.69, 9.17) is 30.0 Å². The molecule has 0 radical (unpaired) electrons. The van der Waals surface area contributed by atoms with Crippen LogP contribution in [0.4, 0.5) is 9.59 Å². The van der Waals surface area contributed by atoms with Crippen molar-refractivity contribution in [3.8, 4) is 0 Å². The second-order valence-electron chi connectivity index (χ2n) is 3.25. The third kappa shape index (κ3) is 337. The molecule has 0 saturated heterocycles. The summed E-state index contributed by atoms with van der Waals surface area (Å²) in [5.74, 6) is 0. The summed E-state index contributed by atoms with van der Waals surface area (Å²) in [5, 5.41) is 27.9. The van der Waals surface area contributed by atoms with Gasteiger partial charge in [0, 0.05) is 0 Å². The molecule has 0 amide bonds.